The van der Waals surface area contributed by atoms with Crippen molar-refractivity contribution in [1.82, 2.24) is 0 Å². The number of rotatable bonds is 6. The average Bonchev–Trinajstić information content (AvgIpc) is 1.42. The number of allylic oxidation sites excluding steroid dienone is 7. The first-order valence-corrected chi connectivity index (χ1v) is 30.3. The second-order valence-corrected chi connectivity index (χ2v) is 24.4. The maximum atomic E-state index is 2.59. The molecule has 11 aromatic rings. The predicted octanol–water partition coefficient (Wildman–Crippen LogP) is 20.2. The van der Waals surface area contributed by atoms with Gasteiger partial charge in [-0.05, 0) is 220 Å². The summed E-state index contributed by atoms with van der Waals surface area (Å²) in [6.45, 7) is 0. The lowest BCUT2D eigenvalue weighted by atomic mass is 9.51. The number of para-hydroxylation sites is 1. The molecular weight excluding hydrogens is 1010 g/mol. The molecule has 0 aliphatic heterocycles. The molecule has 0 saturated heterocycles. The summed E-state index contributed by atoms with van der Waals surface area (Å²) >= 11 is 0. The number of hydrogen-bond acceptors (Lipinski definition) is 1. The summed E-state index contributed by atoms with van der Waals surface area (Å²) < 4.78 is 0. The minimum Gasteiger partial charge on any atom is -0.311 e. The molecule has 0 N–H and O–H groups in total. The molecule has 84 heavy (non-hydrogen) atoms. The molecule has 1 heteroatoms. The van der Waals surface area contributed by atoms with E-state index in [1.165, 1.54) is 150 Å². The normalized spacial score (nSPS) is 18.1. The maximum absolute atomic E-state index is 2.59. The molecule has 1 atom stereocenters. The highest BCUT2D eigenvalue weighted by Crippen LogP contribution is 2.68. The van der Waals surface area contributed by atoms with Crippen LogP contribution < -0.4 is 4.90 Å². The lowest BCUT2D eigenvalue weighted by Gasteiger charge is -2.49. The van der Waals surface area contributed by atoms with E-state index in [0.717, 1.165) is 38.5 Å². The Kier molecular flexibility index (Phi) is 10.3. The van der Waals surface area contributed by atoms with E-state index in [2.05, 4.69) is 290 Å². The molecule has 0 amide bonds. The van der Waals surface area contributed by atoms with Gasteiger partial charge in [0.05, 0.1) is 10.8 Å². The SMILES string of the molecule is C1=CC(N(c2ccccc2)c2ccc3c(c2)C2(Cc4ccccc4C2)c2cc(/C=C/c4ccc5cc(-c6ccc7c(c6)C6(c8ccccc8-c8ccccc86)c6ccccc6C76C7=C(CCC=C7)c7ccccc76)ccc5c4)ccc2-3)=CCC1. The van der Waals surface area contributed by atoms with E-state index in [9.17, 15) is 0 Å². The van der Waals surface area contributed by atoms with Gasteiger partial charge in [-0.15, -0.1) is 0 Å². The molecule has 0 saturated carbocycles. The van der Waals surface area contributed by atoms with E-state index in [1.807, 2.05) is 0 Å². The van der Waals surface area contributed by atoms with Gasteiger partial charge in [0.2, 0.25) is 0 Å². The van der Waals surface area contributed by atoms with E-state index in [-0.39, 0.29) is 5.41 Å². The van der Waals surface area contributed by atoms with E-state index >= 15 is 0 Å². The highest BCUT2D eigenvalue weighted by atomic mass is 15.1. The summed E-state index contributed by atoms with van der Waals surface area (Å²) in [6.07, 6.45) is 22.8. The Morgan fingerprint density at radius 2 is 0.893 bits per heavy atom. The molecule has 7 aliphatic carbocycles. The van der Waals surface area contributed by atoms with Crippen molar-refractivity contribution in [2.24, 2.45) is 0 Å². The smallest absolute Gasteiger partial charge is 0.0720 e. The first-order valence-electron chi connectivity index (χ1n) is 30.3. The van der Waals surface area contributed by atoms with Crippen LogP contribution in [0.15, 0.2) is 284 Å². The molecule has 0 bridgehead atoms. The molecule has 3 spiro atoms. The van der Waals surface area contributed by atoms with Crippen LogP contribution in [0.3, 0.4) is 0 Å². The fourth-order valence-corrected chi connectivity index (χ4v) is 17.0. The van der Waals surface area contributed by atoms with Crippen LogP contribution in [0, 0.1) is 0 Å². The molecule has 0 heterocycles. The van der Waals surface area contributed by atoms with Gasteiger partial charge in [-0.1, -0.05) is 237 Å². The highest BCUT2D eigenvalue weighted by Gasteiger charge is 2.59. The van der Waals surface area contributed by atoms with Crippen LogP contribution in [0.1, 0.15) is 104 Å². The van der Waals surface area contributed by atoms with E-state index in [1.54, 1.807) is 0 Å². The summed E-state index contributed by atoms with van der Waals surface area (Å²) in [4.78, 5) is 2.45. The van der Waals surface area contributed by atoms with Crippen LogP contribution in [-0.4, -0.2) is 0 Å². The quantitative estimate of drug-likeness (QED) is 0.150. The Morgan fingerprint density at radius 1 is 0.345 bits per heavy atom. The first-order chi connectivity index (χ1) is 41.6. The summed E-state index contributed by atoms with van der Waals surface area (Å²) in [5.41, 5.74) is 32.6. The molecule has 11 aromatic carbocycles. The monoisotopic (exact) mass is 1070 g/mol. The van der Waals surface area contributed by atoms with Crippen molar-refractivity contribution < 1.29 is 0 Å². The lowest BCUT2D eigenvalue weighted by Crippen LogP contribution is -2.44. The van der Waals surface area contributed by atoms with Gasteiger partial charge in [-0.3, -0.25) is 0 Å². The third-order valence-corrected chi connectivity index (χ3v) is 20.4. The largest absolute Gasteiger partial charge is 0.311 e. The Labute approximate surface area is 492 Å². The van der Waals surface area contributed by atoms with Gasteiger partial charge in [0, 0.05) is 22.5 Å². The molecule has 0 aromatic heterocycles. The van der Waals surface area contributed by atoms with Gasteiger partial charge in [0.1, 0.15) is 0 Å². The molecule has 7 aliphatic rings. The minimum absolute atomic E-state index is 0.152. The Bertz CT molecular complexity index is 4730. The molecule has 396 valence electrons. The number of nitrogens with zero attached hydrogens (tertiary/aromatic N) is 1. The van der Waals surface area contributed by atoms with Crippen LogP contribution in [0.2, 0.25) is 0 Å². The van der Waals surface area contributed by atoms with Crippen LogP contribution in [0.25, 0.3) is 61.9 Å². The highest BCUT2D eigenvalue weighted by molar-refractivity contribution is 5.97. The molecule has 0 radical (unpaired) electrons. The topological polar surface area (TPSA) is 3.24 Å². The number of fused-ring (bicyclic) bond motifs is 22. The van der Waals surface area contributed by atoms with Crippen LogP contribution in [-0.2, 0) is 29.1 Å². The zero-order chi connectivity index (χ0) is 55.1. The summed E-state index contributed by atoms with van der Waals surface area (Å²) in [5.74, 6) is 0. The standard InChI is InChI=1S/C83H59N/c1-3-21-62(22-4-1)84(63-23-5-2-6-24-63)64-43-45-70-69-44-38-55(48-78(69)81(79(70)51-64)52-60-19-7-8-20-61(60)53-81)36-35-54-37-39-57-49-58(41-40-56(57)47-54)59-42-46-77-80(50-59)83(73-31-15-11-27-67(73)68-28-12-16-32-74(68)83)76-34-18-17-33-75(76)82(77)71-29-13-9-25-65(71)66-26-10-14-30-72(66)82/h1,3-5,7-9,11-25,27-51H,2,6,10,26,52-53H2/b36-35+. The Morgan fingerprint density at radius 3 is 1.63 bits per heavy atom. The van der Waals surface area contributed by atoms with Crippen LogP contribution >= 0.6 is 0 Å². The summed E-state index contributed by atoms with van der Waals surface area (Å²) in [6, 6.07) is 93.4. The van der Waals surface area contributed by atoms with Crippen molar-refractivity contribution in [3.8, 4) is 33.4 Å². The Hall–Kier alpha value is -9.82. The molecule has 1 unspecified atom stereocenters. The lowest BCUT2D eigenvalue weighted by molar-refractivity contribution is 0.563. The summed E-state index contributed by atoms with van der Waals surface area (Å²) in [5, 5.41) is 2.47. The van der Waals surface area contributed by atoms with Crippen molar-refractivity contribution in [3.63, 3.8) is 0 Å². The van der Waals surface area contributed by atoms with E-state index in [4.69, 9.17) is 0 Å². The summed E-state index contributed by atoms with van der Waals surface area (Å²) in [7, 11) is 0. The van der Waals surface area contributed by atoms with Crippen molar-refractivity contribution in [2.45, 2.75) is 54.8 Å². The Balaban J connectivity index is 0.725. The van der Waals surface area contributed by atoms with Gasteiger partial charge in [0.15, 0.2) is 0 Å². The van der Waals surface area contributed by atoms with Gasteiger partial charge in [-0.2, -0.15) is 0 Å². The third kappa shape index (κ3) is 6.56. The zero-order valence-electron chi connectivity index (χ0n) is 46.8. The number of anilines is 2. The fourth-order valence-electron chi connectivity index (χ4n) is 17.0. The maximum Gasteiger partial charge on any atom is 0.0720 e. The molecule has 18 rings (SSSR count). The molecule has 1 nitrogen and oxygen atoms in total. The van der Waals surface area contributed by atoms with Gasteiger partial charge >= 0.3 is 0 Å². The molecule has 0 fully saturated rings. The number of hydrogen-bond donors (Lipinski definition) is 0. The van der Waals surface area contributed by atoms with Gasteiger partial charge in [0.25, 0.3) is 0 Å². The van der Waals surface area contributed by atoms with E-state index in [0.29, 0.717) is 0 Å². The first kappa shape index (κ1) is 47.8. The average molecular weight is 1070 g/mol. The van der Waals surface area contributed by atoms with E-state index < -0.39 is 10.8 Å². The zero-order valence-corrected chi connectivity index (χ0v) is 46.8. The number of benzene rings is 11. The van der Waals surface area contributed by atoms with Crippen molar-refractivity contribution in [3.05, 3.63) is 362 Å². The van der Waals surface area contributed by atoms with Crippen LogP contribution in [0.4, 0.5) is 11.4 Å². The fraction of sp³-hybridized carbons (Fsp3) is 0.108. The van der Waals surface area contributed by atoms with Crippen molar-refractivity contribution in [2.75, 3.05) is 4.90 Å². The van der Waals surface area contributed by atoms with Gasteiger partial charge < -0.3 is 4.90 Å². The predicted molar refractivity (Wildman–Crippen MR) is 349 cm³/mol. The van der Waals surface area contributed by atoms with Crippen molar-refractivity contribution >= 4 is 39.9 Å². The second kappa shape index (κ2) is 18.1. The third-order valence-electron chi connectivity index (χ3n) is 20.4. The van der Waals surface area contributed by atoms with Crippen molar-refractivity contribution in [1.29, 1.82) is 0 Å². The van der Waals surface area contributed by atoms with Gasteiger partial charge in [-0.25, -0.2) is 0 Å². The van der Waals surface area contributed by atoms with Crippen LogP contribution in [0.5, 0.6) is 0 Å². The molecular formula is C83H59N. The minimum atomic E-state index is -0.515. The second-order valence-electron chi connectivity index (χ2n) is 24.4.